The van der Waals surface area contributed by atoms with Crippen LogP contribution in [0.2, 0.25) is 0 Å². The first-order chi connectivity index (χ1) is 18.5. The van der Waals surface area contributed by atoms with E-state index in [2.05, 4.69) is 12.2 Å². The van der Waals surface area contributed by atoms with Gasteiger partial charge in [0.05, 0.1) is 13.7 Å². The van der Waals surface area contributed by atoms with Crippen LogP contribution in [0.5, 0.6) is 11.5 Å². The van der Waals surface area contributed by atoms with Gasteiger partial charge in [0.1, 0.15) is 23.4 Å². The van der Waals surface area contributed by atoms with Crippen molar-refractivity contribution in [2.24, 2.45) is 0 Å². The second-order valence-corrected chi connectivity index (χ2v) is 9.09. The summed E-state index contributed by atoms with van der Waals surface area (Å²) in [5.41, 5.74) is 1.30. The number of benzene rings is 3. The monoisotopic (exact) mass is 520 g/mol. The molecule has 0 radical (unpaired) electrons. The van der Waals surface area contributed by atoms with Gasteiger partial charge in [0, 0.05) is 31.5 Å². The average Bonchev–Trinajstić information content (AvgIpc) is 2.94. The summed E-state index contributed by atoms with van der Waals surface area (Å²) in [5, 5.41) is 2.98. The molecule has 7 heteroatoms. The zero-order valence-corrected chi connectivity index (χ0v) is 22.2. The Hall–Kier alpha value is -3.87. The lowest BCUT2D eigenvalue weighted by molar-refractivity contribution is -0.141. The van der Waals surface area contributed by atoms with Gasteiger partial charge >= 0.3 is 0 Å². The molecular weight excluding hydrogens is 483 g/mol. The minimum Gasteiger partial charge on any atom is -0.497 e. The molecule has 1 N–H and O–H groups in total. The molecule has 0 saturated heterocycles. The van der Waals surface area contributed by atoms with Crippen molar-refractivity contribution in [3.8, 4) is 11.5 Å². The standard InChI is InChI=1S/C31H37FN2O4/c1-3-4-20-33-31(36)29(22-24-11-6-5-7-12-24)34(23-25-13-8-9-14-28(25)32)30(35)15-10-21-38-27-18-16-26(37-2)17-19-27/h5-9,11-14,16-19,29H,3-4,10,15,20-23H2,1-2H3,(H,33,36)/t29-/m0/s1. The van der Waals surface area contributed by atoms with E-state index in [0.29, 0.717) is 37.3 Å². The highest BCUT2D eigenvalue weighted by atomic mass is 19.1. The molecule has 2 amide bonds. The zero-order chi connectivity index (χ0) is 27.2. The Kier molecular flexibility index (Phi) is 11.6. The molecule has 0 aliphatic rings. The number of amides is 2. The Bertz CT molecular complexity index is 1140. The fourth-order valence-corrected chi connectivity index (χ4v) is 4.10. The third-order valence-corrected chi connectivity index (χ3v) is 6.26. The van der Waals surface area contributed by atoms with Crippen LogP contribution in [0, 0.1) is 5.82 Å². The number of hydrogen-bond donors (Lipinski definition) is 1. The van der Waals surface area contributed by atoms with E-state index < -0.39 is 11.9 Å². The fourth-order valence-electron chi connectivity index (χ4n) is 4.10. The number of ether oxygens (including phenoxy) is 2. The number of nitrogens with zero attached hydrogens (tertiary/aromatic N) is 1. The molecule has 0 aliphatic carbocycles. The highest BCUT2D eigenvalue weighted by Crippen LogP contribution is 2.20. The summed E-state index contributed by atoms with van der Waals surface area (Å²) in [4.78, 5) is 28.5. The molecule has 3 aromatic carbocycles. The Labute approximate surface area is 224 Å². The minimum atomic E-state index is -0.774. The molecule has 6 nitrogen and oxygen atoms in total. The number of carbonyl (C=O) groups is 2. The molecule has 0 saturated carbocycles. The van der Waals surface area contributed by atoms with Crippen molar-refractivity contribution < 1.29 is 23.5 Å². The van der Waals surface area contributed by atoms with Crippen LogP contribution in [0.15, 0.2) is 78.9 Å². The molecule has 0 heterocycles. The van der Waals surface area contributed by atoms with Crippen LogP contribution in [0.3, 0.4) is 0 Å². The van der Waals surface area contributed by atoms with Gasteiger partial charge in [-0.15, -0.1) is 0 Å². The van der Waals surface area contributed by atoms with E-state index in [9.17, 15) is 14.0 Å². The number of unbranched alkanes of at least 4 members (excludes halogenated alkanes) is 1. The van der Waals surface area contributed by atoms with Crippen molar-refractivity contribution in [3.63, 3.8) is 0 Å². The molecule has 0 unspecified atom stereocenters. The first kappa shape index (κ1) is 28.7. The molecule has 1 atom stereocenters. The van der Waals surface area contributed by atoms with Crippen LogP contribution in [0.4, 0.5) is 4.39 Å². The van der Waals surface area contributed by atoms with Crippen LogP contribution >= 0.6 is 0 Å². The Balaban J connectivity index is 1.76. The number of nitrogens with one attached hydrogen (secondary N) is 1. The molecule has 0 bridgehead atoms. The van der Waals surface area contributed by atoms with Gasteiger partial charge in [-0.3, -0.25) is 9.59 Å². The quantitative estimate of drug-likeness (QED) is 0.267. The summed E-state index contributed by atoms with van der Waals surface area (Å²) in [6.07, 6.45) is 2.73. The van der Waals surface area contributed by atoms with E-state index in [0.717, 1.165) is 24.2 Å². The van der Waals surface area contributed by atoms with Crippen LogP contribution in [0.1, 0.15) is 43.7 Å². The number of methoxy groups -OCH3 is 1. The van der Waals surface area contributed by atoms with Gasteiger partial charge in [0.2, 0.25) is 11.8 Å². The third-order valence-electron chi connectivity index (χ3n) is 6.26. The van der Waals surface area contributed by atoms with Gasteiger partial charge in [-0.25, -0.2) is 4.39 Å². The van der Waals surface area contributed by atoms with Gasteiger partial charge < -0.3 is 19.7 Å². The first-order valence-corrected chi connectivity index (χ1v) is 13.1. The Morgan fingerprint density at radius 1 is 0.921 bits per heavy atom. The number of carbonyl (C=O) groups excluding carboxylic acids is 2. The van der Waals surface area contributed by atoms with Gasteiger partial charge in [-0.1, -0.05) is 61.9 Å². The van der Waals surface area contributed by atoms with Gasteiger partial charge in [-0.2, -0.15) is 0 Å². The van der Waals surface area contributed by atoms with Gasteiger partial charge in [0.15, 0.2) is 0 Å². The average molecular weight is 521 g/mol. The van der Waals surface area contributed by atoms with E-state index in [1.807, 2.05) is 54.6 Å². The van der Waals surface area contributed by atoms with E-state index in [4.69, 9.17) is 9.47 Å². The lowest BCUT2D eigenvalue weighted by Crippen LogP contribution is -2.50. The zero-order valence-electron chi connectivity index (χ0n) is 22.2. The summed E-state index contributed by atoms with van der Waals surface area (Å²) >= 11 is 0. The highest BCUT2D eigenvalue weighted by Gasteiger charge is 2.30. The van der Waals surface area contributed by atoms with E-state index in [1.54, 1.807) is 25.3 Å². The lowest BCUT2D eigenvalue weighted by atomic mass is 10.0. The summed E-state index contributed by atoms with van der Waals surface area (Å²) in [6, 6.07) is 22.4. The van der Waals surface area contributed by atoms with E-state index >= 15 is 0 Å². The van der Waals surface area contributed by atoms with Crippen molar-refractivity contribution in [1.82, 2.24) is 10.2 Å². The van der Waals surface area contributed by atoms with Crippen molar-refractivity contribution in [3.05, 3.63) is 95.8 Å². The molecule has 202 valence electrons. The number of rotatable bonds is 15. The SMILES string of the molecule is CCCCNC(=O)[C@H](Cc1ccccc1)N(Cc1ccccc1F)C(=O)CCCOc1ccc(OC)cc1. The summed E-state index contributed by atoms with van der Waals surface area (Å²) in [6.45, 7) is 2.91. The van der Waals surface area contributed by atoms with Gasteiger partial charge in [-0.05, 0) is 48.7 Å². The predicted octanol–water partition coefficient (Wildman–Crippen LogP) is 5.55. The van der Waals surface area contributed by atoms with E-state index in [1.165, 1.54) is 11.0 Å². The third kappa shape index (κ3) is 8.91. The smallest absolute Gasteiger partial charge is 0.243 e. The largest absolute Gasteiger partial charge is 0.497 e. The number of hydrogen-bond acceptors (Lipinski definition) is 4. The van der Waals surface area contributed by atoms with Crippen molar-refractivity contribution in [2.45, 2.75) is 51.6 Å². The van der Waals surface area contributed by atoms with Crippen molar-refractivity contribution in [2.75, 3.05) is 20.3 Å². The number of halogens is 1. The summed E-state index contributed by atoms with van der Waals surface area (Å²) < 4.78 is 25.6. The maximum atomic E-state index is 14.6. The minimum absolute atomic E-state index is 0.00351. The molecule has 0 aliphatic heterocycles. The normalized spacial score (nSPS) is 11.4. The maximum Gasteiger partial charge on any atom is 0.243 e. The van der Waals surface area contributed by atoms with Crippen LogP contribution in [0.25, 0.3) is 0 Å². The summed E-state index contributed by atoms with van der Waals surface area (Å²) in [5.74, 6) is 0.550. The summed E-state index contributed by atoms with van der Waals surface area (Å²) in [7, 11) is 1.60. The van der Waals surface area contributed by atoms with E-state index in [-0.39, 0.29) is 24.8 Å². The van der Waals surface area contributed by atoms with Gasteiger partial charge in [0.25, 0.3) is 0 Å². The lowest BCUT2D eigenvalue weighted by Gasteiger charge is -2.32. The Morgan fingerprint density at radius 2 is 1.61 bits per heavy atom. The van der Waals surface area contributed by atoms with Crippen LogP contribution in [-0.4, -0.2) is 43.0 Å². The molecular formula is C31H37FN2O4. The van der Waals surface area contributed by atoms with Crippen LogP contribution in [-0.2, 0) is 22.6 Å². The van der Waals surface area contributed by atoms with Crippen molar-refractivity contribution in [1.29, 1.82) is 0 Å². The molecule has 0 spiro atoms. The highest BCUT2D eigenvalue weighted by molar-refractivity contribution is 5.88. The second-order valence-electron chi connectivity index (χ2n) is 9.09. The Morgan fingerprint density at radius 3 is 2.29 bits per heavy atom. The topological polar surface area (TPSA) is 67.9 Å². The second kappa shape index (κ2) is 15.4. The fraction of sp³-hybridized carbons (Fsp3) is 0.355. The molecule has 38 heavy (non-hydrogen) atoms. The molecule has 0 aromatic heterocycles. The predicted molar refractivity (Wildman–Crippen MR) is 147 cm³/mol. The molecule has 3 aromatic rings. The maximum absolute atomic E-state index is 14.6. The first-order valence-electron chi connectivity index (χ1n) is 13.1. The van der Waals surface area contributed by atoms with Crippen LogP contribution < -0.4 is 14.8 Å². The molecule has 3 rings (SSSR count). The molecule has 0 fully saturated rings. The van der Waals surface area contributed by atoms with Crippen molar-refractivity contribution >= 4 is 11.8 Å².